The van der Waals surface area contributed by atoms with E-state index in [1.54, 1.807) is 5.56 Å². The molecule has 0 amide bonds. The average Bonchev–Trinajstić information content (AvgIpc) is 2.70. The number of ketones is 1. The van der Waals surface area contributed by atoms with E-state index in [0.29, 0.717) is 18.0 Å². The largest absolute Gasteiger partial charge is 0.293 e. The van der Waals surface area contributed by atoms with Crippen LogP contribution in [0.3, 0.4) is 0 Å². The van der Waals surface area contributed by atoms with Gasteiger partial charge < -0.3 is 0 Å². The van der Waals surface area contributed by atoms with Crippen LogP contribution >= 0.6 is 0 Å². The van der Waals surface area contributed by atoms with Gasteiger partial charge in [0.15, 0.2) is 5.78 Å². The summed E-state index contributed by atoms with van der Waals surface area (Å²) in [5, 5.41) is 0. The predicted molar refractivity (Wildman–Crippen MR) is 105 cm³/mol. The van der Waals surface area contributed by atoms with Crippen LogP contribution in [0.5, 0.6) is 0 Å². The summed E-state index contributed by atoms with van der Waals surface area (Å²) < 4.78 is 0. The molecule has 2 nitrogen and oxygen atoms in total. The molecule has 1 heterocycles. The Morgan fingerprint density at radius 1 is 1.00 bits per heavy atom. The molecule has 2 aliphatic carbocycles. The molecule has 2 aromatic rings. The molecule has 2 aromatic carbocycles. The Morgan fingerprint density at radius 2 is 1.81 bits per heavy atom. The molecule has 0 radical (unpaired) electrons. The van der Waals surface area contributed by atoms with E-state index in [2.05, 4.69) is 29.2 Å². The minimum Gasteiger partial charge on any atom is -0.293 e. The van der Waals surface area contributed by atoms with Crippen LogP contribution in [-0.4, -0.2) is 29.8 Å². The van der Waals surface area contributed by atoms with E-state index in [9.17, 15) is 4.79 Å². The third kappa shape index (κ3) is 2.46. The van der Waals surface area contributed by atoms with Gasteiger partial charge in [-0.15, -0.1) is 0 Å². The second-order valence-corrected chi connectivity index (χ2v) is 8.45. The smallest absolute Gasteiger partial charge is 0.176 e. The van der Waals surface area contributed by atoms with Crippen molar-refractivity contribution >= 4 is 5.78 Å². The van der Waals surface area contributed by atoms with Crippen LogP contribution in [0.4, 0.5) is 0 Å². The van der Waals surface area contributed by atoms with Crippen molar-refractivity contribution in [2.45, 2.75) is 50.0 Å². The number of benzene rings is 2. The number of piperidine rings is 1. The first kappa shape index (κ1) is 16.3. The molecule has 0 unspecified atom stereocenters. The molecule has 1 saturated carbocycles. The second kappa shape index (κ2) is 6.35. The van der Waals surface area contributed by atoms with Crippen molar-refractivity contribution in [2.24, 2.45) is 5.92 Å². The van der Waals surface area contributed by atoms with Crippen molar-refractivity contribution in [1.82, 2.24) is 4.90 Å². The Hall–Kier alpha value is -1.93. The zero-order chi connectivity index (χ0) is 17.6. The molecule has 26 heavy (non-hydrogen) atoms. The van der Waals surface area contributed by atoms with E-state index in [4.69, 9.17) is 0 Å². The number of likely N-dealkylation sites (tertiary alicyclic amines) is 1. The fraction of sp³-hybridized carbons (Fsp3) is 0.458. The topological polar surface area (TPSA) is 20.3 Å². The lowest BCUT2D eigenvalue weighted by Gasteiger charge is -2.59. The van der Waals surface area contributed by atoms with Crippen LogP contribution in [0, 0.1) is 5.92 Å². The summed E-state index contributed by atoms with van der Waals surface area (Å²) in [6, 6.07) is 19.5. The lowest BCUT2D eigenvalue weighted by atomic mass is 9.52. The van der Waals surface area contributed by atoms with Gasteiger partial charge in [-0.2, -0.15) is 0 Å². The summed E-state index contributed by atoms with van der Waals surface area (Å²) in [7, 11) is 0. The number of rotatable bonds is 3. The molecule has 5 rings (SSSR count). The number of hydrogen-bond donors (Lipinski definition) is 0. The van der Waals surface area contributed by atoms with E-state index in [-0.39, 0.29) is 5.78 Å². The molecular weight excluding hydrogens is 318 g/mol. The molecule has 2 bridgehead atoms. The first-order valence-electron chi connectivity index (χ1n) is 10.2. The highest BCUT2D eigenvalue weighted by atomic mass is 16.1. The normalized spacial score (nSPS) is 30.3. The number of fused-ring (bicyclic) bond motifs is 1. The maximum absolute atomic E-state index is 12.8. The summed E-state index contributed by atoms with van der Waals surface area (Å²) >= 11 is 0. The van der Waals surface area contributed by atoms with E-state index in [1.807, 2.05) is 30.3 Å². The first-order valence-corrected chi connectivity index (χ1v) is 10.2. The van der Waals surface area contributed by atoms with Gasteiger partial charge in [0.2, 0.25) is 0 Å². The van der Waals surface area contributed by atoms with Crippen molar-refractivity contribution in [3.8, 4) is 0 Å². The summed E-state index contributed by atoms with van der Waals surface area (Å²) in [5.41, 5.74) is 4.40. The predicted octanol–water partition coefficient (Wildman–Crippen LogP) is 4.63. The fourth-order valence-corrected chi connectivity index (χ4v) is 6.15. The van der Waals surface area contributed by atoms with Gasteiger partial charge in [0, 0.05) is 17.0 Å². The molecule has 2 fully saturated rings. The minimum atomic E-state index is 0.271. The van der Waals surface area contributed by atoms with E-state index in [0.717, 1.165) is 24.4 Å². The molecule has 0 N–H and O–H groups in total. The zero-order valence-electron chi connectivity index (χ0n) is 15.4. The Kier molecular flexibility index (Phi) is 3.97. The van der Waals surface area contributed by atoms with E-state index < -0.39 is 0 Å². The molecule has 3 aliphatic rings. The maximum atomic E-state index is 12.8. The molecule has 3 atom stereocenters. The number of hydrogen-bond acceptors (Lipinski definition) is 2. The van der Waals surface area contributed by atoms with Crippen molar-refractivity contribution in [3.63, 3.8) is 0 Å². The van der Waals surface area contributed by atoms with Gasteiger partial charge in [0.25, 0.3) is 0 Å². The van der Waals surface area contributed by atoms with Crippen molar-refractivity contribution < 1.29 is 4.79 Å². The van der Waals surface area contributed by atoms with Crippen LogP contribution in [-0.2, 0) is 11.8 Å². The quantitative estimate of drug-likeness (QED) is 0.756. The van der Waals surface area contributed by atoms with Crippen LogP contribution in [0.15, 0.2) is 54.6 Å². The Bertz CT molecular complexity index is 814. The van der Waals surface area contributed by atoms with Gasteiger partial charge >= 0.3 is 0 Å². The van der Waals surface area contributed by atoms with Crippen LogP contribution in [0.25, 0.3) is 0 Å². The summed E-state index contributed by atoms with van der Waals surface area (Å²) in [5.74, 6) is 0.997. The summed E-state index contributed by atoms with van der Waals surface area (Å²) in [4.78, 5) is 15.3. The summed E-state index contributed by atoms with van der Waals surface area (Å²) in [6.07, 6.45) is 7.71. The molecule has 1 aliphatic heterocycles. The number of carbonyl (C=O) groups excluding carboxylic acids is 1. The van der Waals surface area contributed by atoms with Gasteiger partial charge in [-0.1, -0.05) is 67.4 Å². The Morgan fingerprint density at radius 3 is 2.69 bits per heavy atom. The molecule has 2 heteroatoms. The third-order valence-electron chi connectivity index (χ3n) is 7.30. The SMILES string of the molecule is O=C(CN1CC[C@]23CCCC[C@H]2[C@H]1Cc1ccccc13)c1ccccc1. The van der Waals surface area contributed by atoms with Gasteiger partial charge in [-0.3, -0.25) is 9.69 Å². The number of Topliss-reactive ketones (excluding diaryl/α,β-unsaturated/α-hetero) is 1. The van der Waals surface area contributed by atoms with Crippen molar-refractivity contribution in [3.05, 3.63) is 71.3 Å². The number of nitrogens with zero attached hydrogens (tertiary/aromatic N) is 1. The highest BCUT2D eigenvalue weighted by Crippen LogP contribution is 2.55. The Labute approximate surface area is 156 Å². The summed E-state index contributed by atoms with van der Waals surface area (Å²) in [6.45, 7) is 1.64. The van der Waals surface area contributed by atoms with Gasteiger partial charge in [0.1, 0.15) is 0 Å². The van der Waals surface area contributed by atoms with E-state index in [1.165, 1.54) is 37.7 Å². The maximum Gasteiger partial charge on any atom is 0.176 e. The van der Waals surface area contributed by atoms with Crippen molar-refractivity contribution in [2.75, 3.05) is 13.1 Å². The zero-order valence-corrected chi connectivity index (χ0v) is 15.4. The third-order valence-corrected chi connectivity index (χ3v) is 7.30. The van der Waals surface area contributed by atoms with E-state index >= 15 is 0 Å². The minimum absolute atomic E-state index is 0.271. The lowest BCUT2D eigenvalue weighted by Crippen LogP contribution is -2.61. The van der Waals surface area contributed by atoms with Crippen LogP contribution in [0.1, 0.15) is 53.6 Å². The number of carbonyl (C=O) groups is 1. The fourth-order valence-electron chi connectivity index (χ4n) is 6.15. The van der Waals surface area contributed by atoms with Gasteiger partial charge in [-0.25, -0.2) is 0 Å². The monoisotopic (exact) mass is 345 g/mol. The van der Waals surface area contributed by atoms with Crippen LogP contribution < -0.4 is 0 Å². The molecular formula is C24H27NO. The standard InChI is InChI=1S/C24H27NO/c26-23(18-8-2-1-3-9-18)17-25-15-14-24-13-7-6-12-21(24)22(25)16-19-10-4-5-11-20(19)24/h1-5,8-11,21-22H,6-7,12-17H2/t21-,22+,24-/m0/s1. The second-order valence-electron chi connectivity index (χ2n) is 8.45. The van der Waals surface area contributed by atoms with Gasteiger partial charge in [0.05, 0.1) is 6.54 Å². The highest BCUT2D eigenvalue weighted by Gasteiger charge is 2.53. The highest BCUT2D eigenvalue weighted by molar-refractivity contribution is 5.97. The average molecular weight is 345 g/mol. The molecule has 0 spiro atoms. The molecule has 134 valence electrons. The van der Waals surface area contributed by atoms with Gasteiger partial charge in [-0.05, 0) is 49.3 Å². The van der Waals surface area contributed by atoms with Crippen LogP contribution in [0.2, 0.25) is 0 Å². The lowest BCUT2D eigenvalue weighted by molar-refractivity contribution is -0.00838. The molecule has 1 saturated heterocycles. The molecule has 0 aromatic heterocycles. The van der Waals surface area contributed by atoms with Crippen molar-refractivity contribution in [1.29, 1.82) is 0 Å². The Balaban J connectivity index is 1.47. The first-order chi connectivity index (χ1) is 12.8.